The van der Waals surface area contributed by atoms with Crippen LogP contribution in [0.3, 0.4) is 0 Å². The lowest BCUT2D eigenvalue weighted by atomic mass is 10.3. The number of benzene rings is 1. The molecule has 5 nitrogen and oxygen atoms in total. The van der Waals surface area contributed by atoms with Gasteiger partial charge in [0.2, 0.25) is 15.9 Å². The highest BCUT2D eigenvalue weighted by molar-refractivity contribution is 8.01. The smallest absolute Gasteiger partial charge is 0.238 e. The average Bonchev–Trinajstić information content (AvgIpc) is 2.23. The van der Waals surface area contributed by atoms with Crippen molar-refractivity contribution in [2.24, 2.45) is 5.14 Å². The van der Waals surface area contributed by atoms with Gasteiger partial charge in [-0.1, -0.05) is 20.8 Å². The minimum absolute atomic E-state index is 0.0635. The van der Waals surface area contributed by atoms with E-state index in [4.69, 9.17) is 5.14 Å². The van der Waals surface area contributed by atoms with Gasteiger partial charge in [-0.2, -0.15) is 0 Å². The van der Waals surface area contributed by atoms with E-state index in [-0.39, 0.29) is 27.0 Å². The number of hydrogen-bond donors (Lipinski definition) is 2. The molecule has 0 aromatic heterocycles. The van der Waals surface area contributed by atoms with E-state index in [0.717, 1.165) is 18.2 Å². The van der Waals surface area contributed by atoms with E-state index in [1.54, 1.807) is 0 Å². The molecule has 1 amide bonds. The Bertz CT molecular complexity index is 610. The standard InChI is InChI=1S/C12H17FN2O3S2/c1-12(2,3)19-7-11(16)15-9-4-8(13)5-10(6-9)20(14,17)18/h4-6H,7H2,1-3H3,(H,15,16)(H2,14,17,18). The Hall–Kier alpha value is -1.12. The number of hydrogen-bond acceptors (Lipinski definition) is 4. The zero-order valence-corrected chi connectivity index (χ0v) is 13.1. The Morgan fingerprint density at radius 2 is 1.95 bits per heavy atom. The first-order valence-corrected chi connectivity index (χ1v) is 8.28. The Balaban J connectivity index is 2.83. The van der Waals surface area contributed by atoms with Gasteiger partial charge >= 0.3 is 0 Å². The minimum Gasteiger partial charge on any atom is -0.325 e. The molecule has 3 N–H and O–H groups in total. The summed E-state index contributed by atoms with van der Waals surface area (Å²) in [6.45, 7) is 5.89. The number of sulfonamides is 1. The summed E-state index contributed by atoms with van der Waals surface area (Å²) in [4.78, 5) is 11.3. The van der Waals surface area contributed by atoms with Crippen LogP contribution < -0.4 is 10.5 Å². The molecule has 112 valence electrons. The quantitative estimate of drug-likeness (QED) is 0.887. The number of amides is 1. The molecule has 0 heterocycles. The molecule has 8 heteroatoms. The summed E-state index contributed by atoms with van der Waals surface area (Å²) in [6, 6.07) is 2.96. The highest BCUT2D eigenvalue weighted by atomic mass is 32.2. The van der Waals surface area contributed by atoms with Crippen molar-refractivity contribution in [1.82, 2.24) is 0 Å². The Morgan fingerprint density at radius 1 is 1.35 bits per heavy atom. The molecule has 0 fully saturated rings. The number of nitrogens with one attached hydrogen (secondary N) is 1. The van der Waals surface area contributed by atoms with E-state index in [0.29, 0.717) is 0 Å². The third-order valence-corrected chi connectivity index (χ3v) is 4.29. The van der Waals surface area contributed by atoms with E-state index in [9.17, 15) is 17.6 Å². The summed E-state index contributed by atoms with van der Waals surface area (Å²) >= 11 is 1.43. The maximum atomic E-state index is 13.3. The number of halogens is 1. The number of carbonyl (C=O) groups is 1. The average molecular weight is 320 g/mol. The Labute approximate surface area is 122 Å². The maximum Gasteiger partial charge on any atom is 0.238 e. The lowest BCUT2D eigenvalue weighted by molar-refractivity contribution is -0.113. The summed E-state index contributed by atoms with van der Waals surface area (Å²) in [5.41, 5.74) is 0.0635. The third-order valence-electron chi connectivity index (χ3n) is 2.12. The van der Waals surface area contributed by atoms with Crippen molar-refractivity contribution in [2.45, 2.75) is 30.4 Å². The van der Waals surface area contributed by atoms with Gasteiger partial charge in [-0.25, -0.2) is 17.9 Å². The van der Waals surface area contributed by atoms with Gasteiger partial charge in [0.1, 0.15) is 5.82 Å². The molecule has 0 aliphatic rings. The van der Waals surface area contributed by atoms with Crippen LogP contribution in [0, 0.1) is 5.82 Å². The molecule has 0 saturated carbocycles. The van der Waals surface area contributed by atoms with E-state index >= 15 is 0 Å². The van der Waals surface area contributed by atoms with Crippen LogP contribution in [0.4, 0.5) is 10.1 Å². The van der Waals surface area contributed by atoms with Crippen molar-refractivity contribution in [3.63, 3.8) is 0 Å². The molecule has 0 spiro atoms. The van der Waals surface area contributed by atoms with Crippen LogP contribution in [0.25, 0.3) is 0 Å². The van der Waals surface area contributed by atoms with Crippen LogP contribution in [0.1, 0.15) is 20.8 Å². The van der Waals surface area contributed by atoms with Gasteiger partial charge in [-0.05, 0) is 18.2 Å². The molecule has 1 aromatic rings. The summed E-state index contributed by atoms with van der Waals surface area (Å²) in [5, 5.41) is 7.38. The molecular formula is C12H17FN2O3S2. The highest BCUT2D eigenvalue weighted by Crippen LogP contribution is 2.23. The molecule has 0 saturated heterocycles. The number of anilines is 1. The van der Waals surface area contributed by atoms with Gasteiger partial charge < -0.3 is 5.32 Å². The van der Waals surface area contributed by atoms with Gasteiger partial charge in [0.25, 0.3) is 0 Å². The van der Waals surface area contributed by atoms with Crippen molar-refractivity contribution in [3.05, 3.63) is 24.0 Å². The first-order chi connectivity index (χ1) is 8.97. The van der Waals surface area contributed by atoms with Crippen molar-refractivity contribution in [1.29, 1.82) is 0 Å². The zero-order chi connectivity index (χ0) is 15.6. The molecule has 0 radical (unpaired) electrons. The highest BCUT2D eigenvalue weighted by Gasteiger charge is 2.15. The van der Waals surface area contributed by atoms with Crippen molar-refractivity contribution in [3.8, 4) is 0 Å². The first kappa shape index (κ1) is 16.9. The summed E-state index contributed by atoms with van der Waals surface area (Å²) in [5.74, 6) is -0.934. The third kappa shape index (κ3) is 5.89. The Morgan fingerprint density at radius 3 is 2.45 bits per heavy atom. The first-order valence-electron chi connectivity index (χ1n) is 5.74. The normalized spacial score (nSPS) is 12.2. The molecule has 0 aliphatic carbocycles. The van der Waals surface area contributed by atoms with Crippen molar-refractivity contribution < 1.29 is 17.6 Å². The van der Waals surface area contributed by atoms with E-state index in [1.807, 2.05) is 20.8 Å². The lowest BCUT2D eigenvalue weighted by Gasteiger charge is -2.17. The zero-order valence-electron chi connectivity index (χ0n) is 11.4. The minimum atomic E-state index is -4.02. The molecule has 20 heavy (non-hydrogen) atoms. The fourth-order valence-corrected chi connectivity index (χ4v) is 2.48. The van der Waals surface area contributed by atoms with Crippen LogP contribution >= 0.6 is 11.8 Å². The van der Waals surface area contributed by atoms with Gasteiger partial charge in [-0.15, -0.1) is 11.8 Å². The summed E-state index contributed by atoms with van der Waals surface area (Å²) < 4.78 is 35.6. The molecule has 0 aliphatic heterocycles. The van der Waals surface area contributed by atoms with Crippen LogP contribution in [-0.4, -0.2) is 24.8 Å². The second-order valence-corrected chi connectivity index (χ2v) is 8.53. The Kier molecular flexibility index (Phi) is 5.17. The van der Waals surface area contributed by atoms with Crippen LogP contribution in [-0.2, 0) is 14.8 Å². The fourth-order valence-electron chi connectivity index (χ4n) is 1.28. The SMILES string of the molecule is CC(C)(C)SCC(=O)Nc1cc(F)cc(S(N)(=O)=O)c1. The number of carbonyl (C=O) groups excluding carboxylic acids is 1. The molecule has 0 unspecified atom stereocenters. The molecule has 1 aromatic carbocycles. The van der Waals surface area contributed by atoms with E-state index in [2.05, 4.69) is 5.32 Å². The van der Waals surface area contributed by atoms with Crippen molar-refractivity contribution in [2.75, 3.05) is 11.1 Å². The monoisotopic (exact) mass is 320 g/mol. The molecular weight excluding hydrogens is 303 g/mol. The van der Waals surface area contributed by atoms with E-state index in [1.165, 1.54) is 11.8 Å². The van der Waals surface area contributed by atoms with Gasteiger partial charge in [-0.3, -0.25) is 4.79 Å². The van der Waals surface area contributed by atoms with Gasteiger partial charge in [0, 0.05) is 10.4 Å². The summed E-state index contributed by atoms with van der Waals surface area (Å²) in [7, 11) is -4.02. The summed E-state index contributed by atoms with van der Waals surface area (Å²) in [6.07, 6.45) is 0. The number of rotatable bonds is 4. The van der Waals surface area contributed by atoms with Gasteiger partial charge in [0.05, 0.1) is 10.6 Å². The lowest BCUT2D eigenvalue weighted by Crippen LogP contribution is -2.19. The number of thioether (sulfide) groups is 1. The molecule has 0 bridgehead atoms. The number of primary sulfonamides is 1. The topological polar surface area (TPSA) is 89.3 Å². The maximum absolute atomic E-state index is 13.3. The molecule has 1 rings (SSSR count). The van der Waals surface area contributed by atoms with Crippen LogP contribution in [0.15, 0.2) is 23.1 Å². The second-order valence-electron chi connectivity index (χ2n) is 5.17. The van der Waals surface area contributed by atoms with E-state index < -0.39 is 15.8 Å². The number of nitrogens with two attached hydrogens (primary N) is 1. The predicted octanol–water partition coefficient (Wildman–Crippen LogP) is 1.94. The fraction of sp³-hybridized carbons (Fsp3) is 0.417. The molecule has 0 atom stereocenters. The van der Waals surface area contributed by atoms with Crippen LogP contribution in [0.2, 0.25) is 0 Å². The second kappa shape index (κ2) is 6.11. The van der Waals surface area contributed by atoms with Gasteiger partial charge in [0.15, 0.2) is 0 Å². The van der Waals surface area contributed by atoms with Crippen molar-refractivity contribution >= 4 is 33.4 Å². The predicted molar refractivity (Wildman–Crippen MR) is 78.6 cm³/mol. The van der Waals surface area contributed by atoms with Crippen LogP contribution in [0.5, 0.6) is 0 Å². The largest absolute Gasteiger partial charge is 0.325 e.